The second-order valence-electron chi connectivity index (χ2n) is 8.01. The van der Waals surface area contributed by atoms with E-state index >= 15 is 0 Å². The van der Waals surface area contributed by atoms with Crippen molar-refractivity contribution in [3.8, 4) is 17.2 Å². The zero-order chi connectivity index (χ0) is 27.3. The number of esters is 1. The molecule has 2 N–H and O–H groups in total. The van der Waals surface area contributed by atoms with Crippen molar-refractivity contribution in [1.29, 1.82) is 0 Å². The van der Waals surface area contributed by atoms with Gasteiger partial charge in [-0.3, -0.25) is 9.59 Å². The smallest absolute Gasteiger partial charge is 0.343 e. The number of rotatable bonds is 12. The second-order valence-corrected chi connectivity index (χ2v) is 8.45. The predicted molar refractivity (Wildman–Crippen MR) is 144 cm³/mol. The molecule has 0 unspecified atom stereocenters. The highest BCUT2D eigenvalue weighted by atomic mass is 35.5. The molecule has 0 bridgehead atoms. The van der Waals surface area contributed by atoms with Crippen LogP contribution in [0.2, 0.25) is 5.02 Å². The molecule has 3 rings (SSSR count). The van der Waals surface area contributed by atoms with Crippen LogP contribution in [0.4, 0.5) is 0 Å². The van der Waals surface area contributed by atoms with E-state index in [4.69, 9.17) is 25.8 Å². The molecule has 3 aromatic carbocycles. The third-order valence-electron chi connectivity index (χ3n) is 5.17. The Bertz CT molecular complexity index is 1280. The molecule has 0 saturated carbocycles. The monoisotopic (exact) mass is 537 g/mol. The molecule has 0 heterocycles. The summed E-state index contributed by atoms with van der Waals surface area (Å²) in [5.74, 6) is -0.241. The maximum Gasteiger partial charge on any atom is 0.343 e. The van der Waals surface area contributed by atoms with E-state index in [1.807, 2.05) is 0 Å². The summed E-state index contributed by atoms with van der Waals surface area (Å²) in [7, 11) is 1.45. The number of hydrogen-bond donors (Lipinski definition) is 2. The van der Waals surface area contributed by atoms with Crippen LogP contribution in [0.1, 0.15) is 46.0 Å². The van der Waals surface area contributed by atoms with Crippen LogP contribution in [0.5, 0.6) is 17.2 Å². The van der Waals surface area contributed by atoms with Gasteiger partial charge in [-0.15, -0.1) is 0 Å². The fraction of sp³-hybridized carbons (Fsp3) is 0.214. The van der Waals surface area contributed by atoms with Crippen molar-refractivity contribution in [2.45, 2.75) is 19.8 Å². The summed E-state index contributed by atoms with van der Waals surface area (Å²) in [6.45, 7) is 2.45. The average molecular weight is 538 g/mol. The highest BCUT2D eigenvalue weighted by molar-refractivity contribution is 6.30. The van der Waals surface area contributed by atoms with Crippen LogP contribution in [-0.4, -0.2) is 44.3 Å². The molecule has 0 atom stereocenters. The lowest BCUT2D eigenvalue weighted by molar-refractivity contribution is -0.120. The van der Waals surface area contributed by atoms with E-state index in [1.54, 1.807) is 66.7 Å². The molecule has 0 radical (unpaired) electrons. The molecule has 198 valence electrons. The fourth-order valence-corrected chi connectivity index (χ4v) is 3.24. The van der Waals surface area contributed by atoms with Crippen molar-refractivity contribution in [2.75, 3.05) is 20.3 Å². The van der Waals surface area contributed by atoms with Crippen LogP contribution in [0.3, 0.4) is 0 Å². The Morgan fingerprint density at radius 2 is 1.66 bits per heavy atom. The van der Waals surface area contributed by atoms with Gasteiger partial charge >= 0.3 is 5.97 Å². The summed E-state index contributed by atoms with van der Waals surface area (Å²) in [5.41, 5.74) is 3.66. The molecular weight excluding hydrogens is 510 g/mol. The Labute approximate surface area is 225 Å². The van der Waals surface area contributed by atoms with Gasteiger partial charge in [0.25, 0.3) is 11.8 Å². The number of benzene rings is 3. The van der Waals surface area contributed by atoms with Crippen molar-refractivity contribution < 1.29 is 28.6 Å². The quantitative estimate of drug-likeness (QED) is 0.114. The number of carbonyl (C=O) groups excluding carboxylic acids is 3. The molecule has 0 fully saturated rings. The zero-order valence-electron chi connectivity index (χ0n) is 21.0. The lowest BCUT2D eigenvalue weighted by Crippen LogP contribution is -2.34. The van der Waals surface area contributed by atoms with Crippen molar-refractivity contribution in [3.05, 3.63) is 88.4 Å². The Morgan fingerprint density at radius 3 is 2.34 bits per heavy atom. The normalized spacial score (nSPS) is 10.6. The number of nitrogens with one attached hydrogen (secondary N) is 2. The minimum absolute atomic E-state index is 0.229. The number of ether oxygens (including phenoxy) is 3. The SMILES string of the molecule is CCCCOc1ccc(C(=O)Oc2ccc(/C=N\NC(=O)CNC(=O)c3ccc(Cl)cc3)cc2OC)cc1. The summed E-state index contributed by atoms with van der Waals surface area (Å²) in [5, 5.41) is 6.89. The van der Waals surface area contributed by atoms with E-state index in [9.17, 15) is 14.4 Å². The van der Waals surface area contributed by atoms with Gasteiger partial charge in [-0.05, 0) is 78.7 Å². The number of hydrogen-bond acceptors (Lipinski definition) is 7. The summed E-state index contributed by atoms with van der Waals surface area (Å²) >= 11 is 5.80. The highest BCUT2D eigenvalue weighted by Gasteiger charge is 2.13. The molecule has 3 aromatic rings. The molecule has 0 aliphatic carbocycles. The van der Waals surface area contributed by atoms with E-state index in [1.165, 1.54) is 13.3 Å². The van der Waals surface area contributed by atoms with Crippen LogP contribution in [0, 0.1) is 0 Å². The van der Waals surface area contributed by atoms with Crippen molar-refractivity contribution in [2.24, 2.45) is 5.10 Å². The lowest BCUT2D eigenvalue weighted by Gasteiger charge is -2.10. The van der Waals surface area contributed by atoms with Crippen LogP contribution in [0.15, 0.2) is 71.8 Å². The van der Waals surface area contributed by atoms with Crippen LogP contribution in [0.25, 0.3) is 0 Å². The van der Waals surface area contributed by atoms with Gasteiger partial charge in [-0.1, -0.05) is 24.9 Å². The predicted octanol–water partition coefficient (Wildman–Crippen LogP) is 4.63. The maximum absolute atomic E-state index is 12.6. The maximum atomic E-state index is 12.6. The van der Waals surface area contributed by atoms with Gasteiger partial charge in [0.05, 0.1) is 32.0 Å². The molecule has 9 nitrogen and oxygen atoms in total. The van der Waals surface area contributed by atoms with E-state index in [0.717, 1.165) is 12.8 Å². The summed E-state index contributed by atoms with van der Waals surface area (Å²) in [6, 6.07) is 17.8. The standard InChI is InChI=1S/C28H28ClN3O6/c1-3-4-15-37-23-12-8-21(9-13-23)28(35)38-24-14-5-19(16-25(24)36-2)17-31-32-26(33)18-30-27(34)20-6-10-22(29)11-7-20/h5-14,16-17H,3-4,15,18H2,1-2H3,(H,30,34)(H,32,33)/b31-17-. The van der Waals surface area contributed by atoms with Gasteiger partial charge in [0.2, 0.25) is 0 Å². The topological polar surface area (TPSA) is 115 Å². The Balaban J connectivity index is 1.51. The van der Waals surface area contributed by atoms with Gasteiger partial charge in [0, 0.05) is 10.6 Å². The fourth-order valence-electron chi connectivity index (χ4n) is 3.11. The summed E-state index contributed by atoms with van der Waals surface area (Å²) in [6.07, 6.45) is 3.39. The third-order valence-corrected chi connectivity index (χ3v) is 5.42. The van der Waals surface area contributed by atoms with E-state index in [0.29, 0.717) is 39.8 Å². The van der Waals surface area contributed by atoms with Gasteiger partial charge < -0.3 is 19.5 Å². The number of amides is 2. The third kappa shape index (κ3) is 8.63. The summed E-state index contributed by atoms with van der Waals surface area (Å²) < 4.78 is 16.4. The molecule has 0 spiro atoms. The molecule has 0 aliphatic rings. The lowest BCUT2D eigenvalue weighted by atomic mass is 10.2. The number of nitrogens with zero attached hydrogens (tertiary/aromatic N) is 1. The van der Waals surface area contributed by atoms with E-state index in [-0.39, 0.29) is 12.3 Å². The van der Waals surface area contributed by atoms with Gasteiger partial charge in [-0.2, -0.15) is 5.10 Å². The molecule has 38 heavy (non-hydrogen) atoms. The first-order valence-electron chi connectivity index (χ1n) is 11.9. The average Bonchev–Trinajstić information content (AvgIpc) is 2.93. The van der Waals surface area contributed by atoms with Crippen LogP contribution >= 0.6 is 11.6 Å². The number of carbonyl (C=O) groups is 3. The van der Waals surface area contributed by atoms with Gasteiger partial charge in [0.1, 0.15) is 5.75 Å². The largest absolute Gasteiger partial charge is 0.494 e. The first kappa shape index (κ1) is 28.2. The number of methoxy groups -OCH3 is 1. The summed E-state index contributed by atoms with van der Waals surface area (Å²) in [4.78, 5) is 36.6. The van der Waals surface area contributed by atoms with Gasteiger partial charge in [-0.25, -0.2) is 10.2 Å². The van der Waals surface area contributed by atoms with Crippen molar-refractivity contribution in [3.63, 3.8) is 0 Å². The van der Waals surface area contributed by atoms with Crippen LogP contribution < -0.4 is 25.0 Å². The molecule has 10 heteroatoms. The number of unbranched alkanes of at least 4 members (excludes halogenated alkanes) is 1. The first-order chi connectivity index (χ1) is 18.4. The molecule has 0 aromatic heterocycles. The minimum atomic E-state index is -0.544. The Morgan fingerprint density at radius 1 is 0.947 bits per heavy atom. The molecule has 2 amide bonds. The zero-order valence-corrected chi connectivity index (χ0v) is 21.8. The van der Waals surface area contributed by atoms with Gasteiger partial charge in [0.15, 0.2) is 11.5 Å². The van der Waals surface area contributed by atoms with E-state index < -0.39 is 17.8 Å². The van der Waals surface area contributed by atoms with Crippen LogP contribution in [-0.2, 0) is 4.79 Å². The first-order valence-corrected chi connectivity index (χ1v) is 12.3. The highest BCUT2D eigenvalue weighted by Crippen LogP contribution is 2.28. The number of halogens is 1. The molecule has 0 saturated heterocycles. The van der Waals surface area contributed by atoms with Crippen molar-refractivity contribution >= 4 is 35.6 Å². The molecule has 0 aliphatic heterocycles. The molecular formula is C28H28ClN3O6. The number of hydrazone groups is 1. The minimum Gasteiger partial charge on any atom is -0.494 e. The Kier molecular flexibility index (Phi) is 10.7. The van der Waals surface area contributed by atoms with Crippen molar-refractivity contribution in [1.82, 2.24) is 10.7 Å². The Hall–Kier alpha value is -4.37. The van der Waals surface area contributed by atoms with E-state index in [2.05, 4.69) is 22.8 Å². The second kappa shape index (κ2) is 14.4.